The van der Waals surface area contributed by atoms with Crippen LogP contribution in [0.2, 0.25) is 10.0 Å². The molecule has 1 saturated heterocycles. The maximum atomic E-state index is 12.2. The molecule has 0 saturated carbocycles. The zero-order valence-corrected chi connectivity index (χ0v) is 16.3. The monoisotopic (exact) mass is 394 g/mol. The Kier molecular flexibility index (Phi) is 8.65. The van der Waals surface area contributed by atoms with Crippen LogP contribution in [0.3, 0.4) is 0 Å². The minimum Gasteiger partial charge on any atom is -0.493 e. The molecule has 1 heterocycles. The van der Waals surface area contributed by atoms with Crippen molar-refractivity contribution in [2.24, 2.45) is 17.6 Å². The molecule has 0 aliphatic carbocycles. The van der Waals surface area contributed by atoms with E-state index in [1.54, 1.807) is 18.2 Å². The van der Waals surface area contributed by atoms with E-state index in [4.69, 9.17) is 33.7 Å². The number of halogens is 3. The number of nitrogens with zero attached hydrogens (tertiary/aromatic N) is 1. The fourth-order valence-electron chi connectivity index (χ4n) is 2.64. The molecule has 24 heavy (non-hydrogen) atoms. The Morgan fingerprint density at radius 3 is 2.29 bits per heavy atom. The van der Waals surface area contributed by atoms with E-state index < -0.39 is 6.04 Å². The molecule has 0 unspecified atom stereocenters. The quantitative estimate of drug-likeness (QED) is 0.819. The molecule has 0 spiro atoms. The van der Waals surface area contributed by atoms with Crippen LogP contribution in [0.15, 0.2) is 18.2 Å². The summed E-state index contributed by atoms with van der Waals surface area (Å²) in [5, 5.41) is 1.13. The molecule has 2 N–H and O–H groups in total. The maximum Gasteiger partial charge on any atom is 0.239 e. The van der Waals surface area contributed by atoms with E-state index in [9.17, 15) is 4.79 Å². The Morgan fingerprint density at radius 2 is 1.79 bits per heavy atom. The summed E-state index contributed by atoms with van der Waals surface area (Å²) >= 11 is 11.9. The number of amides is 1. The van der Waals surface area contributed by atoms with Crippen molar-refractivity contribution in [2.45, 2.75) is 32.7 Å². The van der Waals surface area contributed by atoms with Crippen LogP contribution >= 0.6 is 35.6 Å². The first-order chi connectivity index (χ1) is 10.9. The molecule has 4 nitrogen and oxygen atoms in total. The van der Waals surface area contributed by atoms with Gasteiger partial charge in [-0.15, -0.1) is 12.4 Å². The number of carbonyl (C=O) groups excluding carboxylic acids is 1. The number of piperidine rings is 1. The number of rotatable bonds is 5. The lowest BCUT2D eigenvalue weighted by atomic mass is 9.96. The molecule has 0 aromatic heterocycles. The third-order valence-electron chi connectivity index (χ3n) is 4.25. The van der Waals surface area contributed by atoms with Crippen molar-refractivity contribution in [1.29, 1.82) is 0 Å². The zero-order valence-electron chi connectivity index (χ0n) is 14.0. The van der Waals surface area contributed by atoms with Crippen LogP contribution in [0.5, 0.6) is 5.75 Å². The summed E-state index contributed by atoms with van der Waals surface area (Å²) in [5.41, 5.74) is 5.95. The minimum atomic E-state index is -0.406. The Bertz CT molecular complexity index is 526. The van der Waals surface area contributed by atoms with Crippen LogP contribution in [-0.4, -0.2) is 36.5 Å². The van der Waals surface area contributed by atoms with Gasteiger partial charge in [0.05, 0.1) is 12.6 Å². The van der Waals surface area contributed by atoms with Gasteiger partial charge in [-0.3, -0.25) is 4.79 Å². The van der Waals surface area contributed by atoms with Gasteiger partial charge >= 0.3 is 0 Å². The summed E-state index contributed by atoms with van der Waals surface area (Å²) in [6.07, 6.45) is 1.84. The molecule has 0 bridgehead atoms. The molecule has 1 atom stereocenters. The summed E-state index contributed by atoms with van der Waals surface area (Å²) in [6.45, 7) is 6.03. The summed E-state index contributed by atoms with van der Waals surface area (Å²) < 4.78 is 5.79. The van der Waals surface area contributed by atoms with E-state index >= 15 is 0 Å². The van der Waals surface area contributed by atoms with Gasteiger partial charge in [-0.2, -0.15) is 0 Å². The van der Waals surface area contributed by atoms with E-state index in [0.717, 1.165) is 25.9 Å². The second-order valence-corrected chi connectivity index (χ2v) is 7.33. The molecular weight excluding hydrogens is 371 g/mol. The number of hydrogen-bond acceptors (Lipinski definition) is 3. The molecule has 2 rings (SSSR count). The van der Waals surface area contributed by atoms with Crippen molar-refractivity contribution in [3.8, 4) is 5.75 Å². The van der Waals surface area contributed by atoms with Crippen molar-refractivity contribution in [3.05, 3.63) is 28.2 Å². The molecule has 0 radical (unpaired) electrons. The molecular formula is C17H25Cl3N2O2. The van der Waals surface area contributed by atoms with E-state index in [0.29, 0.717) is 28.3 Å². The standard InChI is InChI=1S/C17H24Cl2N2O2.ClH/c1-11(2)16(20)17(22)21-5-3-12(4-6-21)10-23-15-8-13(18)7-14(19)9-15;/h7-9,11-12,16H,3-6,10,20H2,1-2H3;1H/t16-;/m0./s1. The van der Waals surface area contributed by atoms with E-state index in [1.807, 2.05) is 18.7 Å². The largest absolute Gasteiger partial charge is 0.493 e. The van der Waals surface area contributed by atoms with Gasteiger partial charge in [-0.05, 0) is 42.9 Å². The van der Waals surface area contributed by atoms with Crippen molar-refractivity contribution in [3.63, 3.8) is 0 Å². The van der Waals surface area contributed by atoms with E-state index in [1.165, 1.54) is 0 Å². The lowest BCUT2D eigenvalue weighted by molar-refractivity contribution is -0.135. The van der Waals surface area contributed by atoms with Crippen LogP contribution in [-0.2, 0) is 4.79 Å². The van der Waals surface area contributed by atoms with Gasteiger partial charge in [0.1, 0.15) is 5.75 Å². The predicted molar refractivity (Wildman–Crippen MR) is 101 cm³/mol. The highest BCUT2D eigenvalue weighted by Gasteiger charge is 2.27. The maximum absolute atomic E-state index is 12.2. The van der Waals surface area contributed by atoms with Crippen LogP contribution < -0.4 is 10.5 Å². The van der Waals surface area contributed by atoms with E-state index in [-0.39, 0.29) is 24.2 Å². The highest BCUT2D eigenvalue weighted by Crippen LogP contribution is 2.26. The number of ether oxygens (including phenoxy) is 1. The van der Waals surface area contributed by atoms with Crippen LogP contribution in [0.1, 0.15) is 26.7 Å². The fraction of sp³-hybridized carbons (Fsp3) is 0.588. The molecule has 1 fully saturated rings. The summed E-state index contributed by atoms with van der Waals surface area (Å²) in [4.78, 5) is 14.1. The van der Waals surface area contributed by atoms with Gasteiger partial charge in [-0.25, -0.2) is 0 Å². The lowest BCUT2D eigenvalue weighted by Crippen LogP contribution is -2.49. The second kappa shape index (κ2) is 9.71. The smallest absolute Gasteiger partial charge is 0.239 e. The minimum absolute atomic E-state index is 0. The second-order valence-electron chi connectivity index (χ2n) is 6.45. The molecule has 1 amide bonds. The highest BCUT2D eigenvalue weighted by atomic mass is 35.5. The number of benzene rings is 1. The topological polar surface area (TPSA) is 55.6 Å². The molecule has 1 aromatic carbocycles. The SMILES string of the molecule is CC(C)[C@H](N)C(=O)N1CCC(COc2cc(Cl)cc(Cl)c2)CC1.Cl. The Hall–Kier alpha value is -0.680. The number of hydrogen-bond donors (Lipinski definition) is 1. The first kappa shape index (κ1) is 21.4. The van der Waals surface area contributed by atoms with Gasteiger partial charge in [0.25, 0.3) is 0 Å². The molecule has 1 aliphatic heterocycles. The summed E-state index contributed by atoms with van der Waals surface area (Å²) in [7, 11) is 0. The Balaban J connectivity index is 0.00000288. The molecule has 1 aromatic rings. The number of likely N-dealkylation sites (tertiary alicyclic amines) is 1. The highest BCUT2D eigenvalue weighted by molar-refractivity contribution is 6.34. The Labute approximate surface area is 160 Å². The molecule has 7 heteroatoms. The number of nitrogens with two attached hydrogens (primary N) is 1. The summed E-state index contributed by atoms with van der Waals surface area (Å²) in [5.74, 6) is 1.33. The van der Waals surface area contributed by atoms with E-state index in [2.05, 4.69) is 0 Å². The van der Waals surface area contributed by atoms with Crippen molar-refractivity contribution in [1.82, 2.24) is 4.90 Å². The number of carbonyl (C=O) groups is 1. The van der Waals surface area contributed by atoms with Gasteiger partial charge in [0.15, 0.2) is 0 Å². The van der Waals surface area contributed by atoms with Crippen molar-refractivity contribution >= 4 is 41.5 Å². The van der Waals surface area contributed by atoms with Gasteiger partial charge in [0.2, 0.25) is 5.91 Å². The third-order valence-corrected chi connectivity index (χ3v) is 4.69. The first-order valence-electron chi connectivity index (χ1n) is 8.00. The predicted octanol–water partition coefficient (Wildman–Crippen LogP) is 4.02. The third kappa shape index (κ3) is 5.99. The van der Waals surface area contributed by atoms with Gasteiger partial charge < -0.3 is 15.4 Å². The van der Waals surface area contributed by atoms with Crippen LogP contribution in [0.25, 0.3) is 0 Å². The normalized spacial score (nSPS) is 16.7. The van der Waals surface area contributed by atoms with Crippen LogP contribution in [0, 0.1) is 11.8 Å². The van der Waals surface area contributed by atoms with Gasteiger partial charge in [-0.1, -0.05) is 37.0 Å². The summed E-state index contributed by atoms with van der Waals surface area (Å²) in [6, 6.07) is 4.79. The molecule has 136 valence electrons. The zero-order chi connectivity index (χ0) is 17.0. The average Bonchev–Trinajstić information content (AvgIpc) is 2.51. The Morgan fingerprint density at radius 1 is 1.25 bits per heavy atom. The lowest BCUT2D eigenvalue weighted by Gasteiger charge is -2.34. The average molecular weight is 396 g/mol. The molecule has 1 aliphatic rings. The van der Waals surface area contributed by atoms with Crippen LogP contribution in [0.4, 0.5) is 0 Å². The van der Waals surface area contributed by atoms with Crippen molar-refractivity contribution < 1.29 is 9.53 Å². The first-order valence-corrected chi connectivity index (χ1v) is 8.75. The van der Waals surface area contributed by atoms with Crippen molar-refractivity contribution in [2.75, 3.05) is 19.7 Å². The van der Waals surface area contributed by atoms with Gasteiger partial charge in [0, 0.05) is 23.1 Å². The fourth-order valence-corrected chi connectivity index (χ4v) is 3.15.